The molecule has 6 atom stereocenters. The molecule has 210 valence electrons. The van der Waals surface area contributed by atoms with E-state index < -0.39 is 54.6 Å². The molecule has 21 heteroatoms. The van der Waals surface area contributed by atoms with Crippen molar-refractivity contribution < 1.29 is 61.4 Å². The number of imidazole rings is 1. The zero-order valence-corrected chi connectivity index (χ0v) is 21.9. The van der Waals surface area contributed by atoms with Crippen LogP contribution in [0, 0.1) is 11.8 Å². The summed E-state index contributed by atoms with van der Waals surface area (Å²) in [7, 11) is -16.9. The molecule has 8 N–H and O–H groups in total. The fraction of sp³-hybridized carbons (Fsp3) is 0.278. The summed E-state index contributed by atoms with van der Waals surface area (Å²) < 4.78 is 52.9. The first kappa shape index (κ1) is 29.4. The van der Waals surface area contributed by atoms with Crippen LogP contribution in [0.1, 0.15) is 17.6 Å². The molecule has 0 aliphatic carbocycles. The third kappa shape index (κ3) is 7.14. The number of hydrogen-bond acceptors (Lipinski definition) is 13. The van der Waals surface area contributed by atoms with Crippen LogP contribution in [-0.4, -0.2) is 74.2 Å². The van der Waals surface area contributed by atoms with Crippen LogP contribution in [0.3, 0.4) is 0 Å². The first-order valence-electron chi connectivity index (χ1n) is 10.5. The Labute approximate surface area is 218 Å². The molecule has 2 aromatic heterocycles. The van der Waals surface area contributed by atoms with Gasteiger partial charge in [-0.2, -0.15) is 8.62 Å². The summed E-state index contributed by atoms with van der Waals surface area (Å²) >= 11 is 0. The van der Waals surface area contributed by atoms with Crippen LogP contribution in [-0.2, 0) is 31.6 Å². The maximum absolute atomic E-state index is 12.0. The number of fused-ring (bicyclic) bond motifs is 1. The first-order chi connectivity index (χ1) is 18.2. The van der Waals surface area contributed by atoms with Crippen molar-refractivity contribution in [1.29, 1.82) is 0 Å². The minimum Gasteiger partial charge on any atom is -0.387 e. The molecule has 18 nitrogen and oxygen atoms in total. The van der Waals surface area contributed by atoms with E-state index in [1.165, 1.54) is 4.57 Å². The van der Waals surface area contributed by atoms with Crippen molar-refractivity contribution in [3.8, 4) is 11.8 Å². The van der Waals surface area contributed by atoms with Crippen molar-refractivity contribution >= 4 is 40.4 Å². The third-order valence-corrected chi connectivity index (χ3v) is 8.81. The Morgan fingerprint density at radius 1 is 0.974 bits per heavy atom. The number of aliphatic hydroxyl groups excluding tert-OH is 2. The number of ether oxygens (including phenoxy) is 1. The van der Waals surface area contributed by atoms with Gasteiger partial charge >= 0.3 is 23.5 Å². The van der Waals surface area contributed by atoms with E-state index in [0.717, 1.165) is 6.33 Å². The van der Waals surface area contributed by atoms with Crippen molar-refractivity contribution in [2.24, 2.45) is 0 Å². The second-order valence-corrected chi connectivity index (χ2v) is 12.2. The monoisotopic (exact) mass is 607 g/mol. The van der Waals surface area contributed by atoms with Gasteiger partial charge in [0.1, 0.15) is 24.6 Å². The molecule has 0 saturated carbocycles. The van der Waals surface area contributed by atoms with E-state index in [2.05, 4.69) is 39.9 Å². The van der Waals surface area contributed by atoms with Crippen LogP contribution in [0.2, 0.25) is 0 Å². The fourth-order valence-electron chi connectivity index (χ4n) is 3.46. The van der Waals surface area contributed by atoms with E-state index in [4.69, 9.17) is 20.3 Å². The highest BCUT2D eigenvalue weighted by Gasteiger charge is 2.47. The highest BCUT2D eigenvalue weighted by atomic mass is 31.3. The lowest BCUT2D eigenvalue weighted by Gasteiger charge is -2.19. The lowest BCUT2D eigenvalue weighted by molar-refractivity contribution is -0.0506. The minimum absolute atomic E-state index is 0.00541. The molecule has 4 rings (SSSR count). The molecule has 39 heavy (non-hydrogen) atoms. The first-order valence-corrected chi connectivity index (χ1v) is 15.0. The summed E-state index contributed by atoms with van der Waals surface area (Å²) in [4.78, 5) is 48.4. The maximum atomic E-state index is 12.0. The highest BCUT2D eigenvalue weighted by Crippen LogP contribution is 2.66. The van der Waals surface area contributed by atoms with Crippen LogP contribution < -0.4 is 5.73 Å². The second-order valence-electron chi connectivity index (χ2n) is 7.79. The Balaban J connectivity index is 1.58. The number of nitrogens with zero attached hydrogens (tertiary/aromatic N) is 4. The SMILES string of the molecule is Nc1ncnc2c1nc(C#Cc1ccccc1)n2[C@@H]1O[C@H](COP(=O)(O)OP(=O)(O)OP(=O)(O)O)C(O)C1O. The van der Waals surface area contributed by atoms with Gasteiger partial charge < -0.3 is 40.3 Å². The average Bonchev–Trinajstić information content (AvgIpc) is 3.32. The number of phosphoric acid groups is 3. The summed E-state index contributed by atoms with van der Waals surface area (Å²) in [6.45, 7) is -1.01. The second kappa shape index (κ2) is 11.1. The summed E-state index contributed by atoms with van der Waals surface area (Å²) in [5.41, 5.74) is 6.70. The fourth-order valence-corrected chi connectivity index (χ4v) is 6.49. The van der Waals surface area contributed by atoms with Crippen molar-refractivity contribution in [3.63, 3.8) is 0 Å². The van der Waals surface area contributed by atoms with E-state index >= 15 is 0 Å². The van der Waals surface area contributed by atoms with Gasteiger partial charge in [0.25, 0.3) is 0 Å². The van der Waals surface area contributed by atoms with E-state index in [0.29, 0.717) is 5.56 Å². The summed E-state index contributed by atoms with van der Waals surface area (Å²) in [6.07, 6.45) is -5.32. The van der Waals surface area contributed by atoms with Crippen LogP contribution >= 0.6 is 23.5 Å². The largest absolute Gasteiger partial charge is 0.490 e. The lowest BCUT2D eigenvalue weighted by Crippen LogP contribution is -2.33. The molecule has 1 aliphatic rings. The zero-order chi connectivity index (χ0) is 28.6. The Morgan fingerprint density at radius 2 is 1.67 bits per heavy atom. The van der Waals surface area contributed by atoms with E-state index in [9.17, 15) is 33.7 Å². The predicted octanol–water partition coefficient (Wildman–Crippen LogP) is -0.229. The van der Waals surface area contributed by atoms with Crippen LogP contribution in [0.25, 0.3) is 11.2 Å². The Hall–Kier alpha value is -2.58. The number of phosphoric ester groups is 1. The molecule has 4 unspecified atom stereocenters. The molecule has 3 heterocycles. The van der Waals surface area contributed by atoms with Gasteiger partial charge in [-0.15, -0.1) is 0 Å². The maximum Gasteiger partial charge on any atom is 0.490 e. The quantitative estimate of drug-likeness (QED) is 0.129. The Morgan fingerprint density at radius 3 is 2.33 bits per heavy atom. The molecule has 1 fully saturated rings. The normalized spacial score (nSPS) is 24.6. The molecular weight excluding hydrogens is 587 g/mol. The molecule has 0 spiro atoms. The van der Waals surface area contributed by atoms with Crippen LogP contribution in [0.4, 0.5) is 5.82 Å². The van der Waals surface area contributed by atoms with Gasteiger partial charge in [-0.1, -0.05) is 24.1 Å². The van der Waals surface area contributed by atoms with E-state index in [1.807, 2.05) is 0 Å². The van der Waals surface area contributed by atoms with E-state index in [1.54, 1.807) is 30.3 Å². The number of aliphatic hydroxyl groups is 2. The number of benzene rings is 1. The lowest BCUT2D eigenvalue weighted by atomic mass is 10.1. The molecule has 1 aliphatic heterocycles. The number of anilines is 1. The van der Waals surface area contributed by atoms with Gasteiger partial charge in [-0.3, -0.25) is 9.09 Å². The third-order valence-electron chi connectivity index (χ3n) is 5.01. The molecule has 0 amide bonds. The molecule has 0 bridgehead atoms. The summed E-state index contributed by atoms with van der Waals surface area (Å²) in [6, 6.07) is 8.79. The summed E-state index contributed by atoms with van der Waals surface area (Å²) in [5.74, 6) is 5.67. The molecular formula is C18H20N5O13P3. The number of aromatic nitrogens is 4. The summed E-state index contributed by atoms with van der Waals surface area (Å²) in [5, 5.41) is 21.2. The van der Waals surface area contributed by atoms with Gasteiger partial charge in [-0.05, 0) is 18.1 Å². The van der Waals surface area contributed by atoms with Gasteiger partial charge in [0, 0.05) is 5.56 Å². The van der Waals surface area contributed by atoms with Crippen molar-refractivity contribution in [3.05, 3.63) is 48.0 Å². The number of nitrogens with two attached hydrogens (primary N) is 1. The minimum atomic E-state index is -5.76. The molecule has 0 radical (unpaired) electrons. The molecule has 3 aromatic rings. The standard InChI is InChI=1S/C18H20N5O13P3/c19-16-13-17(21-9-20-16)23(12(22-13)7-6-10-4-2-1-3-5-10)18-15(25)14(24)11(34-18)8-33-38(29,30)36-39(31,32)35-37(26,27)28/h1-5,9,11,14-15,18,24-25H,8H2,(H,29,30)(H,31,32)(H2,19,20,21)(H2,26,27,28)/t11-,14?,15?,18-/m1/s1. The number of nitrogen functional groups attached to an aromatic ring is 1. The van der Waals surface area contributed by atoms with E-state index in [-0.39, 0.29) is 22.8 Å². The topological polar surface area (TPSA) is 279 Å². The zero-order valence-electron chi connectivity index (χ0n) is 19.2. The predicted molar refractivity (Wildman–Crippen MR) is 128 cm³/mol. The van der Waals surface area contributed by atoms with Gasteiger partial charge in [0.15, 0.2) is 29.0 Å². The van der Waals surface area contributed by atoms with Crippen molar-refractivity contribution in [2.45, 2.75) is 24.5 Å². The van der Waals surface area contributed by atoms with Gasteiger partial charge in [0.2, 0.25) is 0 Å². The molecule has 1 aromatic carbocycles. The van der Waals surface area contributed by atoms with Gasteiger partial charge in [-0.25, -0.2) is 28.6 Å². The molecule has 1 saturated heterocycles. The van der Waals surface area contributed by atoms with Crippen LogP contribution in [0.15, 0.2) is 36.7 Å². The Bertz CT molecular complexity index is 1570. The van der Waals surface area contributed by atoms with Crippen LogP contribution in [0.5, 0.6) is 0 Å². The Kier molecular flexibility index (Phi) is 8.39. The average molecular weight is 607 g/mol. The van der Waals surface area contributed by atoms with Crippen molar-refractivity contribution in [2.75, 3.05) is 12.3 Å². The number of hydrogen-bond donors (Lipinski definition) is 7. The van der Waals surface area contributed by atoms with Crippen molar-refractivity contribution in [1.82, 2.24) is 19.5 Å². The highest BCUT2D eigenvalue weighted by molar-refractivity contribution is 7.66. The smallest absolute Gasteiger partial charge is 0.387 e. The number of rotatable bonds is 8. The van der Waals surface area contributed by atoms with Gasteiger partial charge in [0.05, 0.1) is 6.61 Å².